The van der Waals surface area contributed by atoms with Gasteiger partial charge in [0.2, 0.25) is 15.8 Å². The maximum absolute atomic E-state index is 14.7. The van der Waals surface area contributed by atoms with Crippen LogP contribution in [0.4, 0.5) is 35.1 Å². The second-order valence-corrected chi connectivity index (χ2v) is 11.1. The number of hydrogen-bond acceptors (Lipinski definition) is 6. The molecule has 1 saturated heterocycles. The van der Waals surface area contributed by atoms with Gasteiger partial charge >= 0.3 is 12.4 Å². The summed E-state index contributed by atoms with van der Waals surface area (Å²) in [6.07, 6.45) is -11.0. The van der Waals surface area contributed by atoms with E-state index in [-0.39, 0.29) is 11.1 Å². The SMILES string of the molecule is C[C@H]1[C@H](F)C[C@@H](C(=O)CCc2cc(-c3cnc(C(F)(F)F)nc3)cnc2C(F)(F)F)N1S(=O)(=O)c1ccc(F)cc1. The van der Waals surface area contributed by atoms with Crippen molar-refractivity contribution in [3.8, 4) is 11.1 Å². The number of aromatic nitrogens is 3. The minimum absolute atomic E-state index is 0.0620. The van der Waals surface area contributed by atoms with Crippen LogP contribution in [0.3, 0.4) is 0 Å². The van der Waals surface area contributed by atoms with E-state index in [2.05, 4.69) is 15.0 Å². The molecule has 7 nitrogen and oxygen atoms in total. The molecule has 16 heteroatoms. The molecule has 0 bridgehead atoms. The Balaban J connectivity index is 1.61. The molecule has 3 heterocycles. The molecule has 3 aromatic rings. The van der Waals surface area contributed by atoms with Crippen molar-refractivity contribution in [2.75, 3.05) is 0 Å². The summed E-state index contributed by atoms with van der Waals surface area (Å²) in [6.45, 7) is 1.24. The van der Waals surface area contributed by atoms with Crippen molar-refractivity contribution in [3.05, 3.63) is 71.8 Å². The molecular weight excluding hydrogens is 588 g/mol. The normalized spacial score (nSPS) is 20.4. The van der Waals surface area contributed by atoms with Gasteiger partial charge in [-0.25, -0.2) is 27.2 Å². The topological polar surface area (TPSA) is 93.1 Å². The van der Waals surface area contributed by atoms with Crippen LogP contribution in [0.5, 0.6) is 0 Å². The van der Waals surface area contributed by atoms with E-state index in [9.17, 15) is 48.3 Å². The van der Waals surface area contributed by atoms with Crippen molar-refractivity contribution in [1.29, 1.82) is 0 Å². The smallest absolute Gasteiger partial charge is 0.298 e. The number of aryl methyl sites for hydroxylation is 1. The highest BCUT2D eigenvalue weighted by Crippen LogP contribution is 2.36. The van der Waals surface area contributed by atoms with Crippen LogP contribution in [-0.2, 0) is 33.6 Å². The Labute approximate surface area is 228 Å². The lowest BCUT2D eigenvalue weighted by molar-refractivity contribution is -0.145. The largest absolute Gasteiger partial charge is 0.451 e. The number of ketones is 1. The van der Waals surface area contributed by atoms with E-state index >= 15 is 0 Å². The number of sulfonamides is 1. The van der Waals surface area contributed by atoms with E-state index in [1.807, 2.05) is 0 Å². The molecule has 0 amide bonds. The van der Waals surface area contributed by atoms with E-state index in [0.29, 0.717) is 4.31 Å². The number of pyridine rings is 1. The Morgan fingerprint density at radius 2 is 1.54 bits per heavy atom. The molecule has 41 heavy (non-hydrogen) atoms. The summed E-state index contributed by atoms with van der Waals surface area (Å²) < 4.78 is 134. The van der Waals surface area contributed by atoms with E-state index in [1.165, 1.54) is 6.92 Å². The fourth-order valence-corrected chi connectivity index (χ4v) is 6.34. The number of carbonyl (C=O) groups is 1. The van der Waals surface area contributed by atoms with Gasteiger partial charge in [-0.2, -0.15) is 30.6 Å². The molecule has 0 spiro atoms. The van der Waals surface area contributed by atoms with Crippen molar-refractivity contribution < 1.29 is 48.3 Å². The highest BCUT2D eigenvalue weighted by Gasteiger charge is 2.49. The Morgan fingerprint density at radius 3 is 2.10 bits per heavy atom. The molecule has 0 aliphatic carbocycles. The van der Waals surface area contributed by atoms with Crippen LogP contribution < -0.4 is 0 Å². The zero-order valence-electron chi connectivity index (χ0n) is 20.9. The van der Waals surface area contributed by atoms with Crippen molar-refractivity contribution in [3.63, 3.8) is 0 Å². The lowest BCUT2D eigenvalue weighted by Crippen LogP contribution is -2.44. The summed E-state index contributed by atoms with van der Waals surface area (Å²) in [6, 6.07) is 1.79. The summed E-state index contributed by atoms with van der Waals surface area (Å²) in [5.74, 6) is -3.04. The molecule has 0 radical (unpaired) electrons. The van der Waals surface area contributed by atoms with Crippen molar-refractivity contribution in [2.45, 2.75) is 61.7 Å². The first kappa shape index (κ1) is 30.4. The number of alkyl halides is 7. The van der Waals surface area contributed by atoms with Crippen molar-refractivity contribution >= 4 is 15.8 Å². The fraction of sp³-hybridized carbons (Fsp3) is 0.360. The van der Waals surface area contributed by atoms with Crippen LogP contribution in [0.2, 0.25) is 0 Å². The standard InChI is InChI=1S/C25H20F8N4O3S/c1-13-19(27)9-20(37(13)41(39,40)18-5-3-17(26)4-6-18)21(38)7-2-14-8-15(10-34-22(14)24(28,29)30)16-11-35-23(36-12-16)25(31,32)33/h3-6,8,10-13,19-20H,2,7,9H2,1H3/t13-,19+,20-/m0/s1. The Morgan fingerprint density at radius 1 is 0.951 bits per heavy atom. The van der Waals surface area contributed by atoms with Crippen LogP contribution in [0.15, 0.2) is 53.8 Å². The highest BCUT2D eigenvalue weighted by molar-refractivity contribution is 7.89. The lowest BCUT2D eigenvalue weighted by atomic mass is 9.98. The summed E-state index contributed by atoms with van der Waals surface area (Å²) in [7, 11) is -4.48. The summed E-state index contributed by atoms with van der Waals surface area (Å²) in [5.41, 5.74) is -2.00. The first-order valence-corrected chi connectivity index (χ1v) is 13.4. The molecule has 2 aromatic heterocycles. The van der Waals surface area contributed by atoms with Gasteiger partial charge in [-0.1, -0.05) is 0 Å². The molecule has 0 saturated carbocycles. The second kappa shape index (κ2) is 11.0. The van der Waals surface area contributed by atoms with Gasteiger partial charge in [-0.15, -0.1) is 0 Å². The van der Waals surface area contributed by atoms with E-state index in [4.69, 9.17) is 0 Å². The highest BCUT2D eigenvalue weighted by atomic mass is 32.2. The quantitative estimate of drug-likeness (QED) is 0.334. The number of carbonyl (C=O) groups excluding carboxylic acids is 1. The van der Waals surface area contributed by atoms with Crippen LogP contribution in [0, 0.1) is 5.82 Å². The van der Waals surface area contributed by atoms with Crippen LogP contribution in [0.1, 0.15) is 36.8 Å². The average Bonchev–Trinajstić information content (AvgIpc) is 3.21. The molecule has 0 unspecified atom stereocenters. The summed E-state index contributed by atoms with van der Waals surface area (Å²) >= 11 is 0. The van der Waals surface area contributed by atoms with E-state index in [1.54, 1.807) is 0 Å². The van der Waals surface area contributed by atoms with Gasteiger partial charge in [0, 0.05) is 42.6 Å². The minimum Gasteiger partial charge on any atom is -0.298 e. The van der Waals surface area contributed by atoms with E-state index < -0.39 is 93.5 Å². The van der Waals surface area contributed by atoms with Crippen molar-refractivity contribution in [2.24, 2.45) is 0 Å². The number of rotatable bonds is 7. The maximum atomic E-state index is 14.7. The predicted octanol–water partition coefficient (Wildman–Crippen LogP) is 5.41. The minimum atomic E-state index is -4.96. The Hall–Kier alpha value is -3.53. The lowest BCUT2D eigenvalue weighted by Gasteiger charge is -2.27. The van der Waals surface area contributed by atoms with Gasteiger partial charge in [-0.05, 0) is 49.2 Å². The molecule has 1 fully saturated rings. The van der Waals surface area contributed by atoms with E-state index in [0.717, 1.165) is 48.9 Å². The predicted molar refractivity (Wildman–Crippen MR) is 127 cm³/mol. The Kier molecular flexibility index (Phi) is 8.19. The van der Waals surface area contributed by atoms with Crippen LogP contribution >= 0.6 is 0 Å². The van der Waals surface area contributed by atoms with Gasteiger partial charge in [0.1, 0.15) is 17.7 Å². The number of benzene rings is 1. The maximum Gasteiger partial charge on any atom is 0.451 e. The number of Topliss-reactive ketones (excluding diaryl/α,β-unsaturated/α-hetero) is 1. The van der Waals surface area contributed by atoms with Gasteiger partial charge in [-0.3, -0.25) is 9.78 Å². The number of hydrogen-bond donors (Lipinski definition) is 0. The van der Waals surface area contributed by atoms with Crippen LogP contribution in [0.25, 0.3) is 11.1 Å². The molecule has 3 atom stereocenters. The third-order valence-electron chi connectivity index (χ3n) is 6.56. The third-order valence-corrected chi connectivity index (χ3v) is 8.57. The van der Waals surface area contributed by atoms with Crippen molar-refractivity contribution in [1.82, 2.24) is 19.3 Å². The molecule has 1 aliphatic rings. The molecule has 0 N–H and O–H groups in total. The number of halogens is 8. The fourth-order valence-electron chi connectivity index (χ4n) is 4.51. The molecular formula is C25H20F8N4O3S. The zero-order chi connectivity index (χ0) is 30.3. The average molecular weight is 609 g/mol. The van der Waals surface area contributed by atoms with Crippen LogP contribution in [-0.4, -0.2) is 51.7 Å². The first-order chi connectivity index (χ1) is 19.0. The molecule has 220 valence electrons. The zero-order valence-corrected chi connectivity index (χ0v) is 21.7. The molecule has 1 aromatic carbocycles. The third kappa shape index (κ3) is 6.37. The van der Waals surface area contributed by atoms with Gasteiger partial charge in [0.25, 0.3) is 0 Å². The van der Waals surface area contributed by atoms with Gasteiger partial charge in [0.05, 0.1) is 17.0 Å². The van der Waals surface area contributed by atoms with Gasteiger partial charge in [0.15, 0.2) is 5.78 Å². The molecule has 1 aliphatic heterocycles. The van der Waals surface area contributed by atoms with Gasteiger partial charge < -0.3 is 0 Å². The number of nitrogens with zero attached hydrogens (tertiary/aromatic N) is 4. The second-order valence-electron chi connectivity index (χ2n) is 9.29. The molecule has 4 rings (SSSR count). The Bertz CT molecular complexity index is 1530. The summed E-state index contributed by atoms with van der Waals surface area (Å²) in [4.78, 5) is 22.5. The summed E-state index contributed by atoms with van der Waals surface area (Å²) in [5, 5.41) is 0. The first-order valence-electron chi connectivity index (χ1n) is 11.9. The monoisotopic (exact) mass is 608 g/mol.